The summed E-state index contributed by atoms with van der Waals surface area (Å²) in [6, 6.07) is 16.5. The van der Waals surface area contributed by atoms with E-state index >= 15 is 0 Å². The van der Waals surface area contributed by atoms with Gasteiger partial charge in [0.2, 0.25) is 5.95 Å². The Hall–Kier alpha value is -3.15. The van der Waals surface area contributed by atoms with Crippen LogP contribution in [0.15, 0.2) is 54.6 Å². The van der Waals surface area contributed by atoms with Crippen molar-refractivity contribution in [1.82, 2.24) is 20.2 Å². The van der Waals surface area contributed by atoms with Gasteiger partial charge in [-0.2, -0.15) is 4.68 Å². The highest BCUT2D eigenvalue weighted by Gasteiger charge is 2.24. The number of anilines is 1. The summed E-state index contributed by atoms with van der Waals surface area (Å²) in [4.78, 5) is 0. The van der Waals surface area contributed by atoms with E-state index in [2.05, 4.69) is 58.1 Å². The van der Waals surface area contributed by atoms with E-state index in [1.165, 1.54) is 5.56 Å². The molecule has 1 aromatic heterocycles. The number of rotatable bonds is 4. The summed E-state index contributed by atoms with van der Waals surface area (Å²) >= 11 is 0. The predicted octanol–water partition coefficient (Wildman–Crippen LogP) is 3.30. The van der Waals surface area contributed by atoms with Crippen molar-refractivity contribution in [2.45, 2.75) is 19.4 Å². The zero-order chi connectivity index (χ0) is 17.2. The molecule has 0 spiro atoms. The van der Waals surface area contributed by atoms with E-state index in [1.54, 1.807) is 11.8 Å². The average Bonchev–Trinajstić information content (AvgIpc) is 3.16. The summed E-state index contributed by atoms with van der Waals surface area (Å²) in [5, 5.41) is 15.4. The largest absolute Gasteiger partial charge is 0.497 e. The van der Waals surface area contributed by atoms with Crippen LogP contribution in [0.4, 0.5) is 5.95 Å². The molecule has 3 aromatic rings. The Balaban J connectivity index is 1.74. The van der Waals surface area contributed by atoms with Crippen molar-refractivity contribution in [3.05, 3.63) is 71.3 Å². The second-order valence-electron chi connectivity index (χ2n) is 5.92. The fraction of sp³-hybridized carbons (Fsp3) is 0.211. The number of nitrogens with one attached hydrogen (secondary N) is 1. The third-order valence-corrected chi connectivity index (χ3v) is 4.46. The lowest BCUT2D eigenvalue weighted by atomic mass is 10.00. The molecule has 0 aliphatic carbocycles. The first-order valence-corrected chi connectivity index (χ1v) is 8.28. The Morgan fingerprint density at radius 3 is 2.52 bits per heavy atom. The Bertz CT molecular complexity index is 896. The SMILES string of the molecule is CCc1ccc([C@H]2C=C(c3ccc(OC)cc3)Nc3nnnn32)cc1. The highest BCUT2D eigenvalue weighted by atomic mass is 16.5. The minimum absolute atomic E-state index is 0.0470. The maximum Gasteiger partial charge on any atom is 0.248 e. The van der Waals surface area contributed by atoms with Crippen LogP contribution in [0, 0.1) is 0 Å². The molecule has 6 heteroatoms. The minimum atomic E-state index is -0.0470. The molecule has 1 N–H and O–H groups in total. The molecular formula is C19H19N5O. The van der Waals surface area contributed by atoms with Crippen molar-refractivity contribution in [1.29, 1.82) is 0 Å². The number of nitrogens with zero attached hydrogens (tertiary/aromatic N) is 4. The van der Waals surface area contributed by atoms with E-state index < -0.39 is 0 Å². The summed E-state index contributed by atoms with van der Waals surface area (Å²) in [5.41, 5.74) is 4.51. The van der Waals surface area contributed by atoms with Crippen LogP contribution < -0.4 is 10.1 Å². The molecule has 6 nitrogen and oxygen atoms in total. The molecule has 1 aliphatic rings. The Morgan fingerprint density at radius 2 is 1.84 bits per heavy atom. The third-order valence-electron chi connectivity index (χ3n) is 4.46. The first-order valence-electron chi connectivity index (χ1n) is 8.28. The van der Waals surface area contributed by atoms with Crippen LogP contribution in [0.1, 0.15) is 29.7 Å². The molecule has 0 radical (unpaired) electrons. The fourth-order valence-electron chi connectivity index (χ4n) is 2.98. The smallest absolute Gasteiger partial charge is 0.248 e. The lowest BCUT2D eigenvalue weighted by molar-refractivity contribution is 0.415. The number of fused-ring (bicyclic) bond motifs is 1. The van der Waals surface area contributed by atoms with E-state index in [4.69, 9.17) is 4.74 Å². The normalized spacial score (nSPS) is 15.9. The number of tetrazole rings is 1. The third kappa shape index (κ3) is 2.87. The van der Waals surface area contributed by atoms with E-state index in [-0.39, 0.29) is 6.04 Å². The quantitative estimate of drug-likeness (QED) is 0.793. The number of allylic oxidation sites excluding steroid dienone is 1. The van der Waals surface area contributed by atoms with Gasteiger partial charge in [-0.1, -0.05) is 36.3 Å². The zero-order valence-corrected chi connectivity index (χ0v) is 14.2. The van der Waals surface area contributed by atoms with Crippen LogP contribution in [-0.4, -0.2) is 27.3 Å². The van der Waals surface area contributed by atoms with Gasteiger partial charge in [0.1, 0.15) is 11.8 Å². The van der Waals surface area contributed by atoms with Crippen molar-refractivity contribution in [3.63, 3.8) is 0 Å². The molecule has 126 valence electrons. The molecule has 2 aromatic carbocycles. The number of methoxy groups -OCH3 is 1. The predicted molar refractivity (Wildman–Crippen MR) is 96.4 cm³/mol. The Kier molecular flexibility index (Phi) is 3.93. The lowest BCUT2D eigenvalue weighted by Crippen LogP contribution is -2.20. The van der Waals surface area contributed by atoms with Gasteiger partial charge in [0.25, 0.3) is 0 Å². The van der Waals surface area contributed by atoms with Crippen molar-refractivity contribution < 1.29 is 4.74 Å². The summed E-state index contributed by atoms with van der Waals surface area (Å²) in [5.74, 6) is 1.47. The minimum Gasteiger partial charge on any atom is -0.497 e. The Morgan fingerprint density at radius 1 is 1.08 bits per heavy atom. The molecule has 4 rings (SSSR count). The summed E-state index contributed by atoms with van der Waals surface area (Å²) in [6.07, 6.45) is 3.17. The van der Waals surface area contributed by atoms with Crippen LogP contribution in [0.2, 0.25) is 0 Å². The summed E-state index contributed by atoms with van der Waals surface area (Å²) < 4.78 is 7.04. The highest BCUT2D eigenvalue weighted by Crippen LogP contribution is 2.32. The summed E-state index contributed by atoms with van der Waals surface area (Å²) in [7, 11) is 1.66. The summed E-state index contributed by atoms with van der Waals surface area (Å²) in [6.45, 7) is 2.15. The first kappa shape index (κ1) is 15.4. The van der Waals surface area contributed by atoms with Crippen molar-refractivity contribution >= 4 is 11.6 Å². The molecular weight excluding hydrogens is 314 g/mol. The van der Waals surface area contributed by atoms with Crippen molar-refractivity contribution in [2.75, 3.05) is 12.4 Å². The van der Waals surface area contributed by atoms with E-state index in [1.807, 2.05) is 24.3 Å². The number of aromatic nitrogens is 4. The average molecular weight is 333 g/mol. The molecule has 0 bridgehead atoms. The number of benzene rings is 2. The molecule has 2 heterocycles. The standard InChI is InChI=1S/C19H19N5O/c1-3-13-4-6-15(7-5-13)18-12-17(20-19-21-22-23-24(18)19)14-8-10-16(25-2)11-9-14/h4-12,18H,3H2,1-2H3,(H,20,21,23)/t18-/m1/s1. The zero-order valence-electron chi connectivity index (χ0n) is 14.2. The van der Waals surface area contributed by atoms with Gasteiger partial charge in [-0.05, 0) is 63.9 Å². The maximum absolute atomic E-state index is 5.24. The molecule has 25 heavy (non-hydrogen) atoms. The fourth-order valence-corrected chi connectivity index (χ4v) is 2.98. The van der Waals surface area contributed by atoms with Gasteiger partial charge in [-0.15, -0.1) is 0 Å². The van der Waals surface area contributed by atoms with Gasteiger partial charge >= 0.3 is 0 Å². The second-order valence-corrected chi connectivity index (χ2v) is 5.92. The molecule has 0 saturated heterocycles. The van der Waals surface area contributed by atoms with Gasteiger partial charge in [0, 0.05) is 5.70 Å². The molecule has 1 atom stereocenters. The number of ether oxygens (including phenoxy) is 1. The highest BCUT2D eigenvalue weighted by molar-refractivity contribution is 5.77. The lowest BCUT2D eigenvalue weighted by Gasteiger charge is -2.23. The Labute approximate surface area is 146 Å². The maximum atomic E-state index is 5.24. The topological polar surface area (TPSA) is 64.9 Å². The van der Waals surface area contributed by atoms with Crippen LogP contribution in [0.25, 0.3) is 5.70 Å². The van der Waals surface area contributed by atoms with Gasteiger partial charge in [0.15, 0.2) is 0 Å². The number of aryl methyl sites for hydroxylation is 1. The van der Waals surface area contributed by atoms with Crippen LogP contribution >= 0.6 is 0 Å². The van der Waals surface area contributed by atoms with Gasteiger partial charge in [-0.3, -0.25) is 0 Å². The molecule has 0 saturated carbocycles. The first-order chi connectivity index (χ1) is 12.3. The molecule has 0 unspecified atom stereocenters. The van der Waals surface area contributed by atoms with Gasteiger partial charge in [-0.25, -0.2) is 0 Å². The number of hydrogen-bond donors (Lipinski definition) is 1. The van der Waals surface area contributed by atoms with Crippen LogP contribution in [0.3, 0.4) is 0 Å². The number of hydrogen-bond acceptors (Lipinski definition) is 5. The monoisotopic (exact) mass is 333 g/mol. The van der Waals surface area contributed by atoms with Crippen LogP contribution in [0.5, 0.6) is 5.75 Å². The van der Waals surface area contributed by atoms with E-state index in [0.29, 0.717) is 5.95 Å². The van der Waals surface area contributed by atoms with Crippen LogP contribution in [-0.2, 0) is 6.42 Å². The second kappa shape index (κ2) is 6.39. The van der Waals surface area contributed by atoms with E-state index in [9.17, 15) is 0 Å². The molecule has 1 aliphatic heterocycles. The molecule has 0 amide bonds. The van der Waals surface area contributed by atoms with E-state index in [0.717, 1.165) is 29.0 Å². The molecule has 0 fully saturated rings. The van der Waals surface area contributed by atoms with Crippen molar-refractivity contribution in [2.24, 2.45) is 0 Å². The van der Waals surface area contributed by atoms with Gasteiger partial charge in [0.05, 0.1) is 7.11 Å². The van der Waals surface area contributed by atoms with Gasteiger partial charge < -0.3 is 10.1 Å². The van der Waals surface area contributed by atoms with Crippen molar-refractivity contribution in [3.8, 4) is 5.75 Å².